The Bertz CT molecular complexity index is 2310. The number of primary amides is 1. The SMILES string of the molecule is CCC[C@H](NC(=O)[C@H](CC(C)C)NC(=O)[C@H](Cc1ccc(O)cc1)NC(=O)[C@H](CCCCN)NC(=O)[C@H](CC(C)C)NC(=O)[C@H](C)NC(=O)[C@H](CC(C)C)NC(C)=O)C(=O)N[C@H](C(=O)N1CCC[C@H]1C(=O)N[C@H](C(N)=O)C(C)C)[C@@H](C)O. The van der Waals surface area contributed by atoms with E-state index in [1.54, 1.807) is 34.6 Å². The summed E-state index contributed by atoms with van der Waals surface area (Å²) in [6, 6.07) is -6.22. The second kappa shape index (κ2) is 35.2. The van der Waals surface area contributed by atoms with Crippen molar-refractivity contribution in [3.8, 4) is 5.75 Å². The molecule has 25 nitrogen and oxygen atoms in total. The number of hydrogen-bond acceptors (Lipinski definition) is 14. The van der Waals surface area contributed by atoms with E-state index >= 15 is 0 Å². The van der Waals surface area contributed by atoms with Gasteiger partial charge in [0.25, 0.3) is 0 Å². The second-order valence-corrected chi connectivity index (χ2v) is 23.2. The molecule has 0 aromatic heterocycles. The summed E-state index contributed by atoms with van der Waals surface area (Å²) in [7, 11) is 0. The van der Waals surface area contributed by atoms with Gasteiger partial charge in [0.05, 0.1) is 6.10 Å². The molecule has 0 spiro atoms. The molecular formula is C57H96N12O13. The Hall–Kier alpha value is -6.89. The molecule has 462 valence electrons. The summed E-state index contributed by atoms with van der Waals surface area (Å²) in [5.41, 5.74) is 11.8. The lowest BCUT2D eigenvalue weighted by molar-refractivity contribution is -0.144. The third kappa shape index (κ3) is 24.3. The molecule has 1 saturated heterocycles. The van der Waals surface area contributed by atoms with E-state index in [9.17, 15) is 63.0 Å². The first-order valence-electron chi connectivity index (χ1n) is 28.9. The Kier molecular flexibility index (Phi) is 30.6. The number of aliphatic hydroxyl groups is 1. The van der Waals surface area contributed by atoms with Crippen LogP contribution in [-0.4, -0.2) is 160 Å². The van der Waals surface area contributed by atoms with Gasteiger partial charge in [-0.2, -0.15) is 0 Å². The number of benzene rings is 1. The number of phenols is 1. The molecule has 1 aliphatic rings. The van der Waals surface area contributed by atoms with Crippen LogP contribution in [0.15, 0.2) is 24.3 Å². The van der Waals surface area contributed by atoms with Gasteiger partial charge in [-0.05, 0) is 120 Å². The highest BCUT2D eigenvalue weighted by Crippen LogP contribution is 2.21. The largest absolute Gasteiger partial charge is 0.508 e. The van der Waals surface area contributed by atoms with Crippen LogP contribution in [0.1, 0.15) is 153 Å². The van der Waals surface area contributed by atoms with Gasteiger partial charge in [0.15, 0.2) is 0 Å². The van der Waals surface area contributed by atoms with Crippen LogP contribution in [0, 0.1) is 23.7 Å². The minimum absolute atomic E-state index is 0.0351. The fourth-order valence-corrected chi connectivity index (χ4v) is 9.46. The van der Waals surface area contributed by atoms with Gasteiger partial charge in [0.1, 0.15) is 66.2 Å². The van der Waals surface area contributed by atoms with Gasteiger partial charge in [-0.25, -0.2) is 0 Å². The van der Waals surface area contributed by atoms with Gasteiger partial charge in [0.2, 0.25) is 65.0 Å². The average Bonchev–Trinajstić information content (AvgIpc) is 3.93. The lowest BCUT2D eigenvalue weighted by atomic mass is 9.99. The van der Waals surface area contributed by atoms with Crippen molar-refractivity contribution < 1.29 is 63.0 Å². The fourth-order valence-electron chi connectivity index (χ4n) is 9.46. The van der Waals surface area contributed by atoms with E-state index in [2.05, 4.69) is 47.9 Å². The molecule has 0 aliphatic carbocycles. The molecule has 11 amide bonds. The van der Waals surface area contributed by atoms with Crippen LogP contribution in [0.5, 0.6) is 5.75 Å². The molecular weight excluding hydrogens is 1060 g/mol. The number of unbranched alkanes of at least 4 members (excludes halogenated alkanes) is 1. The number of aliphatic hydroxyl groups excluding tert-OH is 1. The molecule has 0 radical (unpaired) electrons. The van der Waals surface area contributed by atoms with E-state index in [0.717, 1.165) is 0 Å². The molecule has 2 rings (SSSR count). The van der Waals surface area contributed by atoms with Gasteiger partial charge in [-0.1, -0.05) is 80.9 Å². The van der Waals surface area contributed by atoms with E-state index < -0.39 is 132 Å². The van der Waals surface area contributed by atoms with Crippen molar-refractivity contribution in [3.63, 3.8) is 0 Å². The molecule has 25 heteroatoms. The number of aromatic hydroxyl groups is 1. The summed E-state index contributed by atoms with van der Waals surface area (Å²) in [6.45, 7) is 20.6. The van der Waals surface area contributed by atoms with E-state index in [-0.39, 0.29) is 81.0 Å². The average molecular weight is 1160 g/mol. The number of nitrogens with zero attached hydrogens (tertiary/aromatic N) is 1. The second-order valence-electron chi connectivity index (χ2n) is 23.2. The van der Waals surface area contributed by atoms with Crippen LogP contribution in [0.2, 0.25) is 0 Å². The van der Waals surface area contributed by atoms with E-state index in [1.807, 2.05) is 27.7 Å². The van der Waals surface area contributed by atoms with Crippen molar-refractivity contribution in [1.82, 2.24) is 52.8 Å². The van der Waals surface area contributed by atoms with Crippen LogP contribution < -0.4 is 59.3 Å². The molecule has 1 heterocycles. The van der Waals surface area contributed by atoms with Gasteiger partial charge in [0, 0.05) is 19.9 Å². The monoisotopic (exact) mass is 1160 g/mol. The van der Waals surface area contributed by atoms with Crippen molar-refractivity contribution >= 4 is 65.0 Å². The molecule has 0 bridgehead atoms. The number of likely N-dealkylation sites (tertiary alicyclic amines) is 1. The first-order valence-corrected chi connectivity index (χ1v) is 28.9. The molecule has 1 aliphatic heterocycles. The van der Waals surface area contributed by atoms with Gasteiger partial charge < -0.3 is 74.4 Å². The Morgan fingerprint density at radius 2 is 1.02 bits per heavy atom. The zero-order chi connectivity index (χ0) is 62.1. The van der Waals surface area contributed by atoms with Gasteiger partial charge >= 0.3 is 0 Å². The summed E-state index contributed by atoms with van der Waals surface area (Å²) in [5, 5.41) is 45.0. The number of nitrogens with one attached hydrogen (secondary N) is 9. The zero-order valence-electron chi connectivity index (χ0n) is 50.1. The van der Waals surface area contributed by atoms with Gasteiger partial charge in [-0.15, -0.1) is 0 Å². The number of hydrogen-bond donors (Lipinski definition) is 13. The molecule has 1 aromatic carbocycles. The standard InChI is InChI=1S/C57H96N12O13/c1-13-17-39(51(76)68-47(35(11)70)57(82)69-25-16-19-45(69)56(81)67-46(33(8)9)48(59)73)62-54(79)43(28-32(6)7)65-55(80)44(29-37-20-22-38(72)23-21-37)66-50(75)40(18-14-15-24-58)63-53(78)42(27-31(4)5)64-49(74)34(10)60-52(77)41(26-30(2)3)61-36(12)71/h20-23,30-35,39-47,70,72H,13-19,24-29,58H2,1-12H3,(H2,59,73)(H,60,77)(H,61,71)(H,62,79)(H,63,78)(H,64,74)(H,65,80)(H,66,75)(H,67,81)(H,68,76)/t34-,35+,39-,40-,41-,42-,43-,44-,45-,46-,47-/m0/s1. The highest BCUT2D eigenvalue weighted by molar-refractivity contribution is 5.99. The third-order valence-corrected chi connectivity index (χ3v) is 13.8. The number of carbonyl (C=O) groups excluding carboxylic acids is 11. The molecule has 11 atom stereocenters. The smallest absolute Gasteiger partial charge is 0.248 e. The topological polar surface area (TPSA) is 392 Å². The van der Waals surface area contributed by atoms with Crippen molar-refractivity contribution in [2.75, 3.05) is 13.1 Å². The molecule has 1 aromatic rings. The number of amides is 11. The van der Waals surface area contributed by atoms with E-state index in [0.29, 0.717) is 37.7 Å². The summed E-state index contributed by atoms with van der Waals surface area (Å²) in [5.74, 6) is -8.51. The number of nitrogens with two attached hydrogens (primary N) is 2. The van der Waals surface area contributed by atoms with Crippen LogP contribution in [-0.2, 0) is 59.2 Å². The Balaban J connectivity index is 2.45. The maximum atomic E-state index is 14.6. The number of phenolic OH excluding ortho intramolecular Hbond substituents is 1. The van der Waals surface area contributed by atoms with Crippen molar-refractivity contribution in [2.24, 2.45) is 35.1 Å². The maximum Gasteiger partial charge on any atom is 0.248 e. The normalized spacial score (nSPS) is 17.0. The number of rotatable bonds is 35. The Labute approximate surface area is 483 Å². The lowest BCUT2D eigenvalue weighted by Gasteiger charge is -2.32. The first kappa shape index (κ1) is 71.2. The van der Waals surface area contributed by atoms with Crippen molar-refractivity contribution in [1.29, 1.82) is 0 Å². The van der Waals surface area contributed by atoms with Crippen LogP contribution >= 0.6 is 0 Å². The predicted molar refractivity (Wildman–Crippen MR) is 307 cm³/mol. The fraction of sp³-hybridized carbons (Fsp3) is 0.702. The molecule has 1 fully saturated rings. The Morgan fingerprint density at radius 3 is 1.50 bits per heavy atom. The third-order valence-electron chi connectivity index (χ3n) is 13.8. The Morgan fingerprint density at radius 1 is 0.573 bits per heavy atom. The summed E-state index contributed by atoms with van der Waals surface area (Å²) in [4.78, 5) is 151. The van der Waals surface area contributed by atoms with Crippen molar-refractivity contribution in [2.45, 2.75) is 220 Å². The highest BCUT2D eigenvalue weighted by atomic mass is 16.3. The summed E-state index contributed by atoms with van der Waals surface area (Å²) < 4.78 is 0. The summed E-state index contributed by atoms with van der Waals surface area (Å²) >= 11 is 0. The van der Waals surface area contributed by atoms with Crippen LogP contribution in [0.25, 0.3) is 0 Å². The molecule has 0 unspecified atom stereocenters. The summed E-state index contributed by atoms with van der Waals surface area (Å²) in [6.07, 6.45) is 0.845. The van der Waals surface area contributed by atoms with Crippen molar-refractivity contribution in [3.05, 3.63) is 29.8 Å². The van der Waals surface area contributed by atoms with E-state index in [1.165, 1.54) is 49.9 Å². The molecule has 0 saturated carbocycles. The quantitative estimate of drug-likeness (QED) is 0.0396. The minimum Gasteiger partial charge on any atom is -0.508 e. The predicted octanol–water partition coefficient (Wildman–Crippen LogP) is -0.0818. The maximum absolute atomic E-state index is 14.6. The van der Waals surface area contributed by atoms with Crippen LogP contribution in [0.3, 0.4) is 0 Å². The lowest BCUT2D eigenvalue weighted by Crippen LogP contribution is -2.62. The van der Waals surface area contributed by atoms with Gasteiger partial charge in [-0.3, -0.25) is 52.7 Å². The first-order chi connectivity index (χ1) is 38.4. The minimum atomic E-state index is -1.55. The van der Waals surface area contributed by atoms with Crippen LogP contribution in [0.4, 0.5) is 0 Å². The molecule has 15 N–H and O–H groups in total. The van der Waals surface area contributed by atoms with E-state index in [4.69, 9.17) is 11.5 Å². The highest BCUT2D eigenvalue weighted by Gasteiger charge is 2.42. The number of carbonyl (C=O) groups is 11. The molecule has 82 heavy (non-hydrogen) atoms. The zero-order valence-corrected chi connectivity index (χ0v) is 50.1.